The molecule has 6 heteroatoms. The van der Waals surface area contributed by atoms with E-state index in [4.69, 9.17) is 11.6 Å². The minimum Gasteiger partial charge on any atom is -0.302 e. The van der Waals surface area contributed by atoms with Crippen LogP contribution in [-0.4, -0.2) is 11.9 Å². The predicted molar refractivity (Wildman–Crippen MR) is 112 cm³/mol. The number of nitrogens with one attached hydrogen (secondary N) is 1. The summed E-state index contributed by atoms with van der Waals surface area (Å²) < 4.78 is 0. The summed E-state index contributed by atoms with van der Waals surface area (Å²) >= 11 is 7.54. The molecule has 1 fully saturated rings. The molecule has 4 rings (SSSR count). The van der Waals surface area contributed by atoms with Crippen molar-refractivity contribution in [1.82, 2.24) is 5.32 Å². The molecule has 0 unspecified atom stereocenters. The molecule has 138 valence electrons. The van der Waals surface area contributed by atoms with Crippen molar-refractivity contribution in [1.29, 1.82) is 0 Å². The van der Waals surface area contributed by atoms with Crippen LogP contribution in [-0.2, 0) is 4.79 Å². The first-order chi connectivity index (χ1) is 13.6. The topological polar surface area (TPSA) is 49.4 Å². The van der Waals surface area contributed by atoms with Crippen LogP contribution in [0, 0.1) is 0 Å². The zero-order chi connectivity index (χ0) is 19.5. The summed E-state index contributed by atoms with van der Waals surface area (Å²) in [5.41, 5.74) is 1.55. The molecule has 0 radical (unpaired) electrons. The van der Waals surface area contributed by atoms with Crippen LogP contribution in [0.25, 0.3) is 6.08 Å². The molecule has 0 atom stereocenters. The van der Waals surface area contributed by atoms with Crippen molar-refractivity contribution in [3.8, 4) is 0 Å². The summed E-state index contributed by atoms with van der Waals surface area (Å²) in [7, 11) is 0. The lowest BCUT2D eigenvalue weighted by atomic mass is 10.2. The number of halogens is 1. The fourth-order valence-electron chi connectivity index (χ4n) is 2.78. The summed E-state index contributed by atoms with van der Waals surface area (Å²) in [5, 5.41) is 3.17. The van der Waals surface area contributed by atoms with E-state index in [0.717, 1.165) is 20.3 Å². The third-order valence-corrected chi connectivity index (χ3v) is 5.40. The number of carbonyl (C=O) groups is 2. The Bertz CT molecular complexity index is 1050. The Morgan fingerprint density at radius 1 is 0.821 bits per heavy atom. The van der Waals surface area contributed by atoms with Gasteiger partial charge in [-0.1, -0.05) is 53.7 Å². The smallest absolute Gasteiger partial charge is 0.302 e. The van der Waals surface area contributed by atoms with Crippen LogP contribution in [0.5, 0.6) is 0 Å². The summed E-state index contributed by atoms with van der Waals surface area (Å²) in [4.78, 5) is 28.2. The average Bonchev–Trinajstić information content (AvgIpc) is 2.98. The first kappa shape index (κ1) is 18.3. The molecule has 0 aliphatic carbocycles. The van der Waals surface area contributed by atoms with Gasteiger partial charge in [0.15, 0.2) is 0 Å². The molecule has 28 heavy (non-hydrogen) atoms. The third kappa shape index (κ3) is 3.96. The second kappa shape index (κ2) is 7.92. The Balaban J connectivity index is 1.52. The summed E-state index contributed by atoms with van der Waals surface area (Å²) in [5.74, 6) is -0.393. The molecule has 1 N–H and O–H groups in total. The number of carbonyl (C=O) groups excluding carboxylic acids is 2. The molecular formula is C22H15ClN2O2S. The molecule has 0 spiro atoms. The van der Waals surface area contributed by atoms with E-state index in [1.807, 2.05) is 42.5 Å². The van der Waals surface area contributed by atoms with Crippen LogP contribution in [0.2, 0.25) is 5.02 Å². The molecule has 1 aliphatic rings. The normalized spacial score (nSPS) is 15.2. The Labute approximate surface area is 171 Å². The molecule has 3 aromatic carbocycles. The van der Waals surface area contributed by atoms with Gasteiger partial charge in [0.1, 0.15) is 5.70 Å². The Morgan fingerprint density at radius 3 is 2.14 bits per heavy atom. The number of urea groups is 1. The van der Waals surface area contributed by atoms with E-state index in [1.54, 1.807) is 42.1 Å². The maximum atomic E-state index is 12.7. The average molecular weight is 407 g/mol. The van der Waals surface area contributed by atoms with Crippen molar-refractivity contribution in [2.24, 2.45) is 0 Å². The molecule has 1 aliphatic heterocycles. The summed E-state index contributed by atoms with van der Waals surface area (Å²) in [6.45, 7) is 0. The van der Waals surface area contributed by atoms with Crippen molar-refractivity contribution in [3.05, 3.63) is 95.1 Å². The van der Waals surface area contributed by atoms with E-state index in [0.29, 0.717) is 10.7 Å². The third-order valence-electron chi connectivity index (χ3n) is 4.13. The number of imide groups is 1. The van der Waals surface area contributed by atoms with E-state index < -0.39 is 11.9 Å². The number of hydrogen-bond acceptors (Lipinski definition) is 3. The van der Waals surface area contributed by atoms with Crippen LogP contribution in [0.4, 0.5) is 10.5 Å². The van der Waals surface area contributed by atoms with Gasteiger partial charge in [0.25, 0.3) is 5.91 Å². The van der Waals surface area contributed by atoms with Gasteiger partial charge in [0, 0.05) is 14.8 Å². The highest BCUT2D eigenvalue weighted by Crippen LogP contribution is 2.28. The zero-order valence-electron chi connectivity index (χ0n) is 14.6. The van der Waals surface area contributed by atoms with Gasteiger partial charge in [-0.25, -0.2) is 9.69 Å². The van der Waals surface area contributed by atoms with E-state index in [9.17, 15) is 9.59 Å². The van der Waals surface area contributed by atoms with Crippen LogP contribution in [0.1, 0.15) is 5.56 Å². The highest BCUT2D eigenvalue weighted by Gasteiger charge is 2.34. The molecule has 3 amide bonds. The monoisotopic (exact) mass is 406 g/mol. The highest BCUT2D eigenvalue weighted by molar-refractivity contribution is 7.99. The maximum absolute atomic E-state index is 12.7. The van der Waals surface area contributed by atoms with Crippen molar-refractivity contribution in [2.45, 2.75) is 9.79 Å². The Hall–Kier alpha value is -3.02. The summed E-state index contributed by atoms with van der Waals surface area (Å²) in [6, 6.07) is 24.0. The van der Waals surface area contributed by atoms with Gasteiger partial charge in [-0.05, 0) is 60.2 Å². The van der Waals surface area contributed by atoms with Crippen LogP contribution in [0.3, 0.4) is 0 Å². The van der Waals surface area contributed by atoms with Crippen molar-refractivity contribution < 1.29 is 9.59 Å². The lowest BCUT2D eigenvalue weighted by Crippen LogP contribution is -2.30. The van der Waals surface area contributed by atoms with E-state index in [-0.39, 0.29) is 5.70 Å². The Morgan fingerprint density at radius 2 is 1.46 bits per heavy atom. The molecule has 1 heterocycles. The van der Waals surface area contributed by atoms with Gasteiger partial charge in [-0.2, -0.15) is 0 Å². The molecule has 0 saturated carbocycles. The van der Waals surface area contributed by atoms with Crippen LogP contribution < -0.4 is 10.2 Å². The number of hydrogen-bond donors (Lipinski definition) is 1. The molecule has 3 aromatic rings. The SMILES string of the molecule is O=C1N/C(=C/c2ccc(Sc3ccccc3)cc2)C(=O)N1c1ccc(Cl)cc1. The lowest BCUT2D eigenvalue weighted by molar-refractivity contribution is -0.113. The van der Waals surface area contributed by atoms with Crippen molar-refractivity contribution in [2.75, 3.05) is 4.90 Å². The number of rotatable bonds is 4. The number of amides is 3. The standard InChI is InChI=1S/C22H15ClN2O2S/c23-16-8-10-17(11-9-16)25-21(26)20(24-22(25)27)14-15-6-12-19(13-7-15)28-18-4-2-1-3-5-18/h1-14H,(H,24,27)/b20-14+. The lowest BCUT2D eigenvalue weighted by Gasteiger charge is -2.11. The van der Waals surface area contributed by atoms with Gasteiger partial charge >= 0.3 is 6.03 Å². The fraction of sp³-hybridized carbons (Fsp3) is 0. The first-order valence-corrected chi connectivity index (χ1v) is 9.75. The zero-order valence-corrected chi connectivity index (χ0v) is 16.2. The van der Waals surface area contributed by atoms with E-state index in [1.165, 1.54) is 0 Å². The van der Waals surface area contributed by atoms with Crippen LogP contribution in [0.15, 0.2) is 94.4 Å². The van der Waals surface area contributed by atoms with E-state index in [2.05, 4.69) is 17.4 Å². The van der Waals surface area contributed by atoms with Crippen LogP contribution >= 0.6 is 23.4 Å². The fourth-order valence-corrected chi connectivity index (χ4v) is 3.75. The maximum Gasteiger partial charge on any atom is 0.333 e. The minimum absolute atomic E-state index is 0.239. The highest BCUT2D eigenvalue weighted by atomic mass is 35.5. The Kier molecular flexibility index (Phi) is 5.19. The molecule has 1 saturated heterocycles. The second-order valence-corrected chi connectivity index (χ2v) is 7.67. The van der Waals surface area contributed by atoms with Gasteiger partial charge in [0.2, 0.25) is 0 Å². The summed E-state index contributed by atoms with van der Waals surface area (Å²) in [6.07, 6.45) is 1.67. The van der Waals surface area contributed by atoms with E-state index >= 15 is 0 Å². The van der Waals surface area contributed by atoms with Gasteiger partial charge < -0.3 is 5.32 Å². The van der Waals surface area contributed by atoms with Gasteiger partial charge in [-0.15, -0.1) is 0 Å². The number of anilines is 1. The molecule has 0 aromatic heterocycles. The molecule has 0 bridgehead atoms. The molecule has 4 nitrogen and oxygen atoms in total. The molecular weight excluding hydrogens is 392 g/mol. The van der Waals surface area contributed by atoms with Crippen molar-refractivity contribution >= 4 is 47.1 Å². The number of benzene rings is 3. The number of nitrogens with zero attached hydrogens (tertiary/aromatic N) is 1. The largest absolute Gasteiger partial charge is 0.333 e. The van der Waals surface area contributed by atoms with Gasteiger partial charge in [-0.3, -0.25) is 4.79 Å². The quantitative estimate of drug-likeness (QED) is 0.454. The van der Waals surface area contributed by atoms with Gasteiger partial charge in [0.05, 0.1) is 5.69 Å². The predicted octanol–water partition coefficient (Wildman–Crippen LogP) is 5.59. The first-order valence-electron chi connectivity index (χ1n) is 8.56. The minimum atomic E-state index is -0.477. The van der Waals surface area contributed by atoms with Crippen molar-refractivity contribution in [3.63, 3.8) is 0 Å². The second-order valence-electron chi connectivity index (χ2n) is 6.09.